The lowest BCUT2D eigenvalue weighted by Crippen LogP contribution is -2.29. The van der Waals surface area contributed by atoms with E-state index in [1.807, 2.05) is 6.92 Å². The first-order valence-corrected chi connectivity index (χ1v) is 10.8. The summed E-state index contributed by atoms with van der Waals surface area (Å²) in [5.41, 5.74) is 0.0209. The largest absolute Gasteiger partial charge is 0.493 e. The van der Waals surface area contributed by atoms with Gasteiger partial charge in [0.15, 0.2) is 0 Å². The van der Waals surface area contributed by atoms with Crippen LogP contribution in [0.15, 0.2) is 11.0 Å². The summed E-state index contributed by atoms with van der Waals surface area (Å²) in [4.78, 5) is 12.2. The standard InChI is InChI=1S/C22H42N2O4/c1-6-23-17-19(26)24(20(23)27)18-22(4,5)12-8-10-16-28-15-9-7-11-21(2,3)13-14-25/h17,25-26H,6-16,18H2,1-5H3. The first kappa shape index (κ1) is 24.8. The molecule has 0 aliphatic heterocycles. The van der Waals surface area contributed by atoms with Crippen LogP contribution < -0.4 is 5.69 Å². The number of unbranched alkanes of at least 4 members (excludes halogenated alkanes) is 2. The molecule has 6 heteroatoms. The van der Waals surface area contributed by atoms with Gasteiger partial charge in [0, 0.05) is 32.9 Å². The molecule has 1 rings (SSSR count). The summed E-state index contributed by atoms with van der Waals surface area (Å²) in [6.45, 7) is 13.5. The van der Waals surface area contributed by atoms with E-state index in [-0.39, 0.29) is 29.0 Å². The average molecular weight is 399 g/mol. The number of hydrogen-bond donors (Lipinski definition) is 2. The van der Waals surface area contributed by atoms with Crippen molar-refractivity contribution < 1.29 is 14.9 Å². The molecule has 28 heavy (non-hydrogen) atoms. The van der Waals surface area contributed by atoms with Crippen molar-refractivity contribution in [2.24, 2.45) is 10.8 Å². The molecule has 0 aromatic carbocycles. The van der Waals surface area contributed by atoms with Gasteiger partial charge in [-0.15, -0.1) is 0 Å². The number of aromatic nitrogens is 2. The number of imidazole rings is 1. The molecule has 0 spiro atoms. The molecule has 0 aliphatic rings. The van der Waals surface area contributed by atoms with Gasteiger partial charge in [0.1, 0.15) is 0 Å². The summed E-state index contributed by atoms with van der Waals surface area (Å²) in [6.07, 6.45) is 8.73. The molecule has 0 atom stereocenters. The lowest BCUT2D eigenvalue weighted by atomic mass is 9.84. The smallest absolute Gasteiger partial charge is 0.331 e. The van der Waals surface area contributed by atoms with Crippen LogP contribution in [-0.2, 0) is 17.8 Å². The van der Waals surface area contributed by atoms with Gasteiger partial charge in [-0.1, -0.05) is 40.5 Å². The maximum absolute atomic E-state index is 12.2. The molecular weight excluding hydrogens is 356 g/mol. The molecule has 0 bridgehead atoms. The van der Waals surface area contributed by atoms with Crippen molar-refractivity contribution in [2.45, 2.75) is 92.7 Å². The molecule has 6 nitrogen and oxygen atoms in total. The van der Waals surface area contributed by atoms with Crippen LogP contribution in [0, 0.1) is 10.8 Å². The topological polar surface area (TPSA) is 76.6 Å². The minimum atomic E-state index is -0.140. The highest BCUT2D eigenvalue weighted by atomic mass is 16.5. The SMILES string of the molecule is CCn1cc(O)n(CC(C)(C)CCCCOCCCCC(C)(C)CCO)c1=O. The second-order valence-corrected chi connectivity index (χ2v) is 9.47. The Balaban J connectivity index is 2.18. The quantitative estimate of drug-likeness (QED) is 0.435. The van der Waals surface area contributed by atoms with Gasteiger partial charge in [-0.2, -0.15) is 0 Å². The van der Waals surface area contributed by atoms with E-state index in [9.17, 15) is 9.90 Å². The summed E-state index contributed by atoms with van der Waals surface area (Å²) in [5, 5.41) is 19.1. The van der Waals surface area contributed by atoms with E-state index in [4.69, 9.17) is 9.84 Å². The Labute approximate surface area is 170 Å². The zero-order chi connectivity index (χ0) is 21.2. The van der Waals surface area contributed by atoms with Crippen molar-refractivity contribution in [3.8, 4) is 5.88 Å². The van der Waals surface area contributed by atoms with E-state index in [0.717, 1.165) is 58.2 Å². The van der Waals surface area contributed by atoms with Crippen molar-refractivity contribution in [1.82, 2.24) is 9.13 Å². The molecule has 0 fully saturated rings. The Bertz CT molecular complexity index is 617. The summed E-state index contributed by atoms with van der Waals surface area (Å²) in [7, 11) is 0. The number of hydrogen-bond acceptors (Lipinski definition) is 4. The van der Waals surface area contributed by atoms with E-state index in [0.29, 0.717) is 13.1 Å². The van der Waals surface area contributed by atoms with Gasteiger partial charge in [-0.05, 0) is 49.9 Å². The fourth-order valence-electron chi connectivity index (χ4n) is 3.54. The Kier molecular flexibility index (Phi) is 10.3. The van der Waals surface area contributed by atoms with Gasteiger partial charge in [0.25, 0.3) is 0 Å². The highest BCUT2D eigenvalue weighted by Crippen LogP contribution is 2.28. The molecule has 0 aliphatic carbocycles. The van der Waals surface area contributed by atoms with Gasteiger partial charge in [-0.3, -0.25) is 9.13 Å². The highest BCUT2D eigenvalue weighted by molar-refractivity contribution is 5.05. The first-order valence-electron chi connectivity index (χ1n) is 10.8. The Morgan fingerprint density at radius 2 is 1.54 bits per heavy atom. The molecule has 0 unspecified atom stereocenters. The third-order valence-corrected chi connectivity index (χ3v) is 5.52. The Morgan fingerprint density at radius 1 is 0.964 bits per heavy atom. The molecule has 0 radical (unpaired) electrons. The molecule has 0 saturated heterocycles. The van der Waals surface area contributed by atoms with Gasteiger partial charge in [0.05, 0.1) is 6.20 Å². The third-order valence-electron chi connectivity index (χ3n) is 5.52. The lowest BCUT2D eigenvalue weighted by Gasteiger charge is -2.25. The molecule has 2 N–H and O–H groups in total. The molecule has 0 amide bonds. The van der Waals surface area contributed by atoms with Crippen LogP contribution in [0.5, 0.6) is 5.88 Å². The lowest BCUT2D eigenvalue weighted by molar-refractivity contribution is 0.117. The molecule has 1 heterocycles. The minimum absolute atomic E-state index is 0.0467. The molecule has 164 valence electrons. The predicted molar refractivity (Wildman–Crippen MR) is 114 cm³/mol. The van der Waals surface area contributed by atoms with Crippen molar-refractivity contribution in [3.05, 3.63) is 16.7 Å². The maximum atomic E-state index is 12.2. The number of rotatable bonds is 15. The van der Waals surface area contributed by atoms with E-state index in [1.54, 1.807) is 0 Å². The van der Waals surface area contributed by atoms with Gasteiger partial charge < -0.3 is 14.9 Å². The Hall–Kier alpha value is -1.27. The van der Waals surface area contributed by atoms with Crippen LogP contribution in [0.1, 0.15) is 79.6 Å². The van der Waals surface area contributed by atoms with Crippen molar-refractivity contribution in [1.29, 1.82) is 0 Å². The number of aromatic hydroxyl groups is 1. The summed E-state index contributed by atoms with van der Waals surface area (Å²) >= 11 is 0. The molecule has 0 saturated carbocycles. The van der Waals surface area contributed by atoms with Gasteiger partial charge in [-0.25, -0.2) is 4.79 Å². The van der Waals surface area contributed by atoms with Crippen LogP contribution in [0.25, 0.3) is 0 Å². The van der Waals surface area contributed by atoms with Crippen molar-refractivity contribution in [3.63, 3.8) is 0 Å². The molecule has 1 aromatic rings. The van der Waals surface area contributed by atoms with Crippen LogP contribution in [-0.4, -0.2) is 39.2 Å². The number of aryl methyl sites for hydroxylation is 1. The number of nitrogens with zero attached hydrogens (tertiary/aromatic N) is 2. The fraction of sp³-hybridized carbons (Fsp3) is 0.864. The van der Waals surface area contributed by atoms with Crippen LogP contribution in [0.2, 0.25) is 0 Å². The highest BCUT2D eigenvalue weighted by Gasteiger charge is 2.22. The first-order chi connectivity index (χ1) is 13.1. The summed E-state index contributed by atoms with van der Waals surface area (Å²) in [6, 6.07) is 0. The van der Waals surface area contributed by atoms with E-state index >= 15 is 0 Å². The second kappa shape index (κ2) is 11.7. The summed E-state index contributed by atoms with van der Waals surface area (Å²) in [5.74, 6) is 0.0467. The van der Waals surface area contributed by atoms with Gasteiger partial charge in [0.2, 0.25) is 5.88 Å². The molecular formula is C22H42N2O4. The van der Waals surface area contributed by atoms with Crippen molar-refractivity contribution >= 4 is 0 Å². The number of ether oxygens (including phenoxy) is 1. The monoisotopic (exact) mass is 398 g/mol. The van der Waals surface area contributed by atoms with Crippen LogP contribution >= 0.6 is 0 Å². The molecule has 1 aromatic heterocycles. The normalized spacial score (nSPS) is 12.6. The number of aliphatic hydroxyl groups excluding tert-OH is 1. The van der Waals surface area contributed by atoms with E-state index in [1.165, 1.54) is 15.3 Å². The zero-order valence-corrected chi connectivity index (χ0v) is 18.7. The average Bonchev–Trinajstić information content (AvgIpc) is 2.87. The van der Waals surface area contributed by atoms with Crippen LogP contribution in [0.3, 0.4) is 0 Å². The second-order valence-electron chi connectivity index (χ2n) is 9.47. The van der Waals surface area contributed by atoms with Crippen molar-refractivity contribution in [2.75, 3.05) is 19.8 Å². The predicted octanol–water partition coefficient (Wildman–Crippen LogP) is 4.17. The summed E-state index contributed by atoms with van der Waals surface area (Å²) < 4.78 is 8.75. The van der Waals surface area contributed by atoms with Gasteiger partial charge >= 0.3 is 5.69 Å². The van der Waals surface area contributed by atoms with E-state index < -0.39 is 0 Å². The third kappa shape index (κ3) is 8.82. The number of aliphatic hydroxyl groups is 1. The van der Waals surface area contributed by atoms with E-state index in [2.05, 4.69) is 27.7 Å². The fourth-order valence-corrected chi connectivity index (χ4v) is 3.54. The maximum Gasteiger partial charge on any atom is 0.331 e. The zero-order valence-electron chi connectivity index (χ0n) is 18.7. The Morgan fingerprint density at radius 3 is 2.04 bits per heavy atom. The van der Waals surface area contributed by atoms with Crippen LogP contribution in [0.4, 0.5) is 0 Å². The minimum Gasteiger partial charge on any atom is -0.493 e.